The van der Waals surface area contributed by atoms with Gasteiger partial charge in [0.1, 0.15) is 0 Å². The first-order chi connectivity index (χ1) is 7.34. The Bertz CT molecular complexity index is 336. The van der Waals surface area contributed by atoms with E-state index in [2.05, 4.69) is 38.9 Å². The second-order valence-electron chi connectivity index (χ2n) is 5.48. The average molecular weight is 243 g/mol. The number of aryl methyl sites for hydroxylation is 3. The normalized spacial score (nSPS) is 14.1. The highest BCUT2D eigenvalue weighted by Gasteiger charge is 2.22. The minimum absolute atomic E-state index is 0.174. The summed E-state index contributed by atoms with van der Waals surface area (Å²) in [4.78, 5) is 0. The highest BCUT2D eigenvalue weighted by atomic mass is 35.5. The van der Waals surface area contributed by atoms with E-state index in [0.717, 1.165) is 19.3 Å². The standard InChI is InChI=1S/C13H23ClN2/c1-6-10-9-11(16(5)15-10)7-8-12(14)13(2,3)4/h9,12H,6-8H2,1-5H3. The molecule has 1 rings (SSSR count). The molecule has 92 valence electrons. The molecule has 16 heavy (non-hydrogen) atoms. The lowest BCUT2D eigenvalue weighted by Gasteiger charge is -2.24. The smallest absolute Gasteiger partial charge is 0.0624 e. The van der Waals surface area contributed by atoms with Crippen molar-refractivity contribution in [3.8, 4) is 0 Å². The lowest BCUT2D eigenvalue weighted by Crippen LogP contribution is -2.21. The van der Waals surface area contributed by atoms with Gasteiger partial charge in [-0.05, 0) is 30.7 Å². The Labute approximate surface area is 104 Å². The van der Waals surface area contributed by atoms with E-state index in [1.165, 1.54) is 11.4 Å². The van der Waals surface area contributed by atoms with Crippen LogP contribution in [-0.2, 0) is 19.9 Å². The van der Waals surface area contributed by atoms with Crippen LogP contribution < -0.4 is 0 Å². The SMILES string of the molecule is CCc1cc(CCC(Cl)C(C)(C)C)n(C)n1. The molecule has 2 nitrogen and oxygen atoms in total. The summed E-state index contributed by atoms with van der Waals surface area (Å²) < 4.78 is 1.98. The van der Waals surface area contributed by atoms with Crippen LogP contribution in [-0.4, -0.2) is 15.2 Å². The summed E-state index contributed by atoms with van der Waals surface area (Å²) in [6, 6.07) is 2.19. The van der Waals surface area contributed by atoms with Crippen molar-refractivity contribution < 1.29 is 0 Å². The average Bonchev–Trinajstić information content (AvgIpc) is 2.54. The summed E-state index contributed by atoms with van der Waals surface area (Å²) in [6.45, 7) is 8.69. The van der Waals surface area contributed by atoms with E-state index in [1.807, 2.05) is 11.7 Å². The lowest BCUT2D eigenvalue weighted by molar-refractivity contribution is 0.372. The molecule has 1 aromatic rings. The summed E-state index contributed by atoms with van der Waals surface area (Å²) in [5, 5.41) is 4.66. The Kier molecular flexibility index (Phi) is 4.43. The van der Waals surface area contributed by atoms with Crippen molar-refractivity contribution in [3.63, 3.8) is 0 Å². The molecule has 0 N–H and O–H groups in total. The number of hydrogen-bond acceptors (Lipinski definition) is 1. The molecule has 0 radical (unpaired) electrons. The molecule has 3 heteroatoms. The van der Waals surface area contributed by atoms with Crippen LogP contribution in [0.25, 0.3) is 0 Å². The molecule has 1 unspecified atom stereocenters. The zero-order chi connectivity index (χ0) is 12.3. The molecule has 0 aliphatic carbocycles. The van der Waals surface area contributed by atoms with Crippen LogP contribution >= 0.6 is 11.6 Å². The predicted octanol–water partition coefficient (Wildman–Crippen LogP) is 3.57. The summed E-state index contributed by atoms with van der Waals surface area (Å²) in [7, 11) is 2.01. The number of aromatic nitrogens is 2. The van der Waals surface area contributed by atoms with Crippen molar-refractivity contribution in [2.24, 2.45) is 12.5 Å². The van der Waals surface area contributed by atoms with Crippen molar-refractivity contribution in [3.05, 3.63) is 17.5 Å². The molecule has 0 aromatic carbocycles. The molecule has 0 saturated heterocycles. The van der Waals surface area contributed by atoms with Gasteiger partial charge < -0.3 is 0 Å². The van der Waals surface area contributed by atoms with Gasteiger partial charge in [0.15, 0.2) is 0 Å². The van der Waals surface area contributed by atoms with E-state index in [4.69, 9.17) is 11.6 Å². The predicted molar refractivity (Wildman–Crippen MR) is 70.0 cm³/mol. The van der Waals surface area contributed by atoms with Crippen LogP contribution in [0.4, 0.5) is 0 Å². The topological polar surface area (TPSA) is 17.8 Å². The van der Waals surface area contributed by atoms with Gasteiger partial charge in [0.2, 0.25) is 0 Å². The molecule has 0 saturated carbocycles. The Balaban J connectivity index is 2.57. The van der Waals surface area contributed by atoms with Crippen LogP contribution in [0.2, 0.25) is 0 Å². The maximum absolute atomic E-state index is 6.37. The third-order valence-corrected chi connectivity index (χ3v) is 3.86. The molecule has 0 spiro atoms. The van der Waals surface area contributed by atoms with Crippen LogP contribution in [0.1, 0.15) is 45.5 Å². The fourth-order valence-electron chi connectivity index (χ4n) is 1.69. The van der Waals surface area contributed by atoms with E-state index in [9.17, 15) is 0 Å². The van der Waals surface area contributed by atoms with Gasteiger partial charge in [-0.2, -0.15) is 5.10 Å². The van der Waals surface area contributed by atoms with Gasteiger partial charge in [-0.15, -0.1) is 11.6 Å². The first-order valence-corrected chi connectivity index (χ1v) is 6.44. The molecule has 0 aliphatic rings. The van der Waals surface area contributed by atoms with Gasteiger partial charge in [-0.3, -0.25) is 4.68 Å². The van der Waals surface area contributed by atoms with E-state index in [-0.39, 0.29) is 10.8 Å². The van der Waals surface area contributed by atoms with E-state index in [1.54, 1.807) is 0 Å². The van der Waals surface area contributed by atoms with Gasteiger partial charge in [-0.1, -0.05) is 27.7 Å². The number of halogens is 1. The van der Waals surface area contributed by atoms with Crippen LogP contribution in [0, 0.1) is 5.41 Å². The minimum atomic E-state index is 0.174. The fraction of sp³-hybridized carbons (Fsp3) is 0.769. The minimum Gasteiger partial charge on any atom is -0.272 e. The van der Waals surface area contributed by atoms with E-state index >= 15 is 0 Å². The largest absolute Gasteiger partial charge is 0.272 e. The molecular weight excluding hydrogens is 220 g/mol. The number of alkyl halides is 1. The van der Waals surface area contributed by atoms with E-state index in [0.29, 0.717) is 0 Å². The van der Waals surface area contributed by atoms with Crippen molar-refractivity contribution in [1.82, 2.24) is 9.78 Å². The Morgan fingerprint density at radius 1 is 1.44 bits per heavy atom. The second kappa shape index (κ2) is 5.22. The van der Waals surface area contributed by atoms with Gasteiger partial charge >= 0.3 is 0 Å². The molecule has 1 aromatic heterocycles. The third-order valence-electron chi connectivity index (χ3n) is 2.98. The molecule has 0 aliphatic heterocycles. The fourth-order valence-corrected chi connectivity index (χ4v) is 1.79. The lowest BCUT2D eigenvalue weighted by atomic mass is 9.89. The summed E-state index contributed by atoms with van der Waals surface area (Å²) in [6.07, 6.45) is 3.01. The van der Waals surface area contributed by atoms with Crippen molar-refractivity contribution in [1.29, 1.82) is 0 Å². The monoisotopic (exact) mass is 242 g/mol. The first kappa shape index (κ1) is 13.6. The molecular formula is C13H23ClN2. The Hall–Kier alpha value is -0.500. The maximum Gasteiger partial charge on any atom is 0.0624 e. The summed E-state index contributed by atoms with van der Waals surface area (Å²) in [5.41, 5.74) is 2.62. The van der Waals surface area contributed by atoms with Gasteiger partial charge in [0.05, 0.1) is 5.69 Å². The zero-order valence-electron chi connectivity index (χ0n) is 11.0. The Morgan fingerprint density at radius 3 is 2.50 bits per heavy atom. The van der Waals surface area contributed by atoms with Crippen molar-refractivity contribution in [2.75, 3.05) is 0 Å². The molecule has 0 fully saturated rings. The van der Waals surface area contributed by atoms with Crippen LogP contribution in [0.15, 0.2) is 6.07 Å². The van der Waals surface area contributed by atoms with E-state index < -0.39 is 0 Å². The Morgan fingerprint density at radius 2 is 2.06 bits per heavy atom. The third kappa shape index (κ3) is 3.51. The highest BCUT2D eigenvalue weighted by molar-refractivity contribution is 6.21. The number of nitrogens with zero attached hydrogens (tertiary/aromatic N) is 2. The van der Waals surface area contributed by atoms with Crippen LogP contribution in [0.3, 0.4) is 0 Å². The van der Waals surface area contributed by atoms with Crippen LogP contribution in [0.5, 0.6) is 0 Å². The van der Waals surface area contributed by atoms with Gasteiger partial charge in [-0.25, -0.2) is 0 Å². The number of rotatable bonds is 4. The quantitative estimate of drug-likeness (QED) is 0.739. The summed E-state index contributed by atoms with van der Waals surface area (Å²) in [5.74, 6) is 0. The molecule has 1 atom stereocenters. The van der Waals surface area contributed by atoms with Gasteiger partial charge in [0.25, 0.3) is 0 Å². The highest BCUT2D eigenvalue weighted by Crippen LogP contribution is 2.28. The molecule has 1 heterocycles. The maximum atomic E-state index is 6.37. The van der Waals surface area contributed by atoms with Crippen molar-refractivity contribution >= 4 is 11.6 Å². The van der Waals surface area contributed by atoms with Gasteiger partial charge in [0, 0.05) is 18.1 Å². The molecule has 0 bridgehead atoms. The van der Waals surface area contributed by atoms with Crippen molar-refractivity contribution in [2.45, 2.75) is 52.3 Å². The first-order valence-electron chi connectivity index (χ1n) is 6.00. The number of hydrogen-bond donors (Lipinski definition) is 0. The summed E-state index contributed by atoms with van der Waals surface area (Å²) >= 11 is 6.37. The second-order valence-corrected chi connectivity index (χ2v) is 6.00. The molecule has 0 amide bonds. The zero-order valence-corrected chi connectivity index (χ0v) is 11.8.